The van der Waals surface area contributed by atoms with Crippen LogP contribution in [0.2, 0.25) is 5.02 Å². The first-order chi connectivity index (χ1) is 16.6. The van der Waals surface area contributed by atoms with E-state index in [9.17, 15) is 5.11 Å². The van der Waals surface area contributed by atoms with E-state index in [2.05, 4.69) is 15.2 Å². The summed E-state index contributed by atoms with van der Waals surface area (Å²) in [7, 11) is 1.61. The van der Waals surface area contributed by atoms with Crippen molar-refractivity contribution < 1.29 is 24.1 Å². The molecule has 0 saturated carbocycles. The third kappa shape index (κ3) is 5.06. The number of hydrogen-bond acceptors (Lipinski definition) is 8. The number of halogens is 1. The number of morpholine rings is 1. The van der Waals surface area contributed by atoms with E-state index in [1.807, 2.05) is 36.4 Å². The molecule has 9 heteroatoms. The Balaban J connectivity index is 1.19. The van der Waals surface area contributed by atoms with E-state index in [0.29, 0.717) is 42.6 Å². The average Bonchev–Trinajstić information content (AvgIpc) is 3.32. The Bertz CT molecular complexity index is 1160. The van der Waals surface area contributed by atoms with Gasteiger partial charge in [0.05, 0.1) is 36.5 Å². The minimum Gasteiger partial charge on any atom is -0.497 e. The molecule has 0 bridgehead atoms. The van der Waals surface area contributed by atoms with Gasteiger partial charge in [-0.2, -0.15) is 0 Å². The van der Waals surface area contributed by atoms with Crippen LogP contribution in [0.4, 0.5) is 0 Å². The van der Waals surface area contributed by atoms with Crippen molar-refractivity contribution in [1.29, 1.82) is 0 Å². The number of ether oxygens (including phenoxy) is 4. The molecule has 2 aliphatic heterocycles. The Morgan fingerprint density at radius 3 is 3.00 bits per heavy atom. The number of aliphatic hydroxyl groups excluding tert-OH is 1. The molecule has 5 rings (SSSR count). The Labute approximate surface area is 203 Å². The molecule has 0 amide bonds. The van der Waals surface area contributed by atoms with Crippen molar-refractivity contribution in [2.45, 2.75) is 18.8 Å². The molecule has 1 saturated heterocycles. The minimum atomic E-state index is -0.759. The first-order valence-electron chi connectivity index (χ1n) is 11.3. The Hall–Kier alpha value is -2.62. The molecule has 2 aliphatic rings. The lowest BCUT2D eigenvalue weighted by Crippen LogP contribution is -2.47. The second kappa shape index (κ2) is 10.3. The lowest BCUT2D eigenvalue weighted by atomic mass is 10.0. The van der Waals surface area contributed by atoms with Gasteiger partial charge in [-0.05, 0) is 35.9 Å². The SMILES string of the molecule is COc1ccc2ncc(Cl)c(C(O)CN3CCOC(CNCc4ccc5c(c4)OCO5)C3)c2c1. The molecule has 3 heterocycles. The van der Waals surface area contributed by atoms with Gasteiger partial charge in [0, 0.05) is 49.9 Å². The van der Waals surface area contributed by atoms with Gasteiger partial charge >= 0.3 is 0 Å². The van der Waals surface area contributed by atoms with Crippen LogP contribution in [0, 0.1) is 0 Å². The molecule has 0 spiro atoms. The molecule has 2 aromatic carbocycles. The van der Waals surface area contributed by atoms with Crippen LogP contribution < -0.4 is 19.5 Å². The summed E-state index contributed by atoms with van der Waals surface area (Å²) < 4.78 is 22.1. The van der Waals surface area contributed by atoms with E-state index in [-0.39, 0.29) is 12.9 Å². The summed E-state index contributed by atoms with van der Waals surface area (Å²) in [6.45, 7) is 4.23. The van der Waals surface area contributed by atoms with Crippen LogP contribution in [0.5, 0.6) is 17.2 Å². The summed E-state index contributed by atoms with van der Waals surface area (Å²) in [5.74, 6) is 2.27. The topological polar surface area (TPSA) is 85.3 Å². The van der Waals surface area contributed by atoms with Crippen LogP contribution in [-0.4, -0.2) is 67.8 Å². The summed E-state index contributed by atoms with van der Waals surface area (Å²) in [5, 5.41) is 15.8. The standard InChI is InChI=1S/C25H28ClN3O5/c1-31-17-3-4-21-19(9-17)25(20(26)12-28-21)22(30)14-29-6-7-32-18(13-29)11-27-10-16-2-5-23-24(8-16)34-15-33-23/h2-5,8-9,12,18,22,27,30H,6-7,10-11,13-15H2,1H3. The molecule has 2 atom stereocenters. The highest BCUT2D eigenvalue weighted by Crippen LogP contribution is 2.33. The quantitative estimate of drug-likeness (QED) is 0.503. The molecule has 2 N–H and O–H groups in total. The van der Waals surface area contributed by atoms with E-state index in [0.717, 1.165) is 41.1 Å². The van der Waals surface area contributed by atoms with E-state index in [4.69, 9.17) is 30.5 Å². The maximum absolute atomic E-state index is 11.1. The van der Waals surface area contributed by atoms with Gasteiger partial charge in [0.15, 0.2) is 11.5 Å². The number of fused-ring (bicyclic) bond motifs is 2. The van der Waals surface area contributed by atoms with Gasteiger partial charge in [-0.15, -0.1) is 0 Å². The first-order valence-corrected chi connectivity index (χ1v) is 11.7. The zero-order valence-corrected chi connectivity index (χ0v) is 19.8. The van der Waals surface area contributed by atoms with Crippen molar-refractivity contribution in [2.75, 3.05) is 46.7 Å². The lowest BCUT2D eigenvalue weighted by molar-refractivity contribution is -0.0394. The number of rotatable bonds is 8. The second-order valence-electron chi connectivity index (χ2n) is 8.49. The van der Waals surface area contributed by atoms with Gasteiger partial charge in [-0.25, -0.2) is 0 Å². The number of hydrogen-bond donors (Lipinski definition) is 2. The number of aromatic nitrogens is 1. The molecule has 1 aromatic heterocycles. The maximum atomic E-state index is 11.1. The van der Waals surface area contributed by atoms with Gasteiger partial charge in [0.1, 0.15) is 5.75 Å². The molecule has 3 aromatic rings. The highest BCUT2D eigenvalue weighted by Gasteiger charge is 2.25. The number of methoxy groups -OCH3 is 1. The summed E-state index contributed by atoms with van der Waals surface area (Å²) >= 11 is 6.47. The van der Waals surface area contributed by atoms with Crippen molar-refractivity contribution in [3.05, 3.63) is 58.7 Å². The average molecular weight is 486 g/mol. The largest absolute Gasteiger partial charge is 0.497 e. The molecular formula is C25H28ClN3O5. The number of nitrogens with one attached hydrogen (secondary N) is 1. The second-order valence-corrected chi connectivity index (χ2v) is 8.90. The van der Waals surface area contributed by atoms with Gasteiger partial charge in [-0.3, -0.25) is 9.88 Å². The third-order valence-electron chi connectivity index (χ3n) is 6.19. The van der Waals surface area contributed by atoms with Crippen molar-refractivity contribution in [1.82, 2.24) is 15.2 Å². The third-order valence-corrected chi connectivity index (χ3v) is 6.49. The van der Waals surface area contributed by atoms with Gasteiger partial charge in [-0.1, -0.05) is 17.7 Å². The highest BCUT2D eigenvalue weighted by atomic mass is 35.5. The normalized spacial score (nSPS) is 18.9. The van der Waals surface area contributed by atoms with Crippen LogP contribution in [0.25, 0.3) is 10.9 Å². The summed E-state index contributed by atoms with van der Waals surface area (Å²) in [4.78, 5) is 6.59. The minimum absolute atomic E-state index is 0.0275. The van der Waals surface area contributed by atoms with Gasteiger partial charge < -0.3 is 29.4 Å². The summed E-state index contributed by atoms with van der Waals surface area (Å²) in [6.07, 6.45) is 0.863. The predicted octanol–water partition coefficient (Wildman–Crippen LogP) is 3.15. The molecule has 34 heavy (non-hydrogen) atoms. The Kier molecular flexibility index (Phi) is 7.03. The van der Waals surface area contributed by atoms with Crippen molar-refractivity contribution in [3.63, 3.8) is 0 Å². The maximum Gasteiger partial charge on any atom is 0.231 e. The van der Waals surface area contributed by atoms with Crippen LogP contribution in [0.15, 0.2) is 42.6 Å². The number of β-amino-alcohol motifs (C(OH)–C–C–N with tert-alkyl or cyclic N) is 1. The molecule has 180 valence electrons. The van der Waals surface area contributed by atoms with Crippen LogP contribution in [0.3, 0.4) is 0 Å². The van der Waals surface area contributed by atoms with Crippen LogP contribution in [-0.2, 0) is 11.3 Å². The van der Waals surface area contributed by atoms with Crippen molar-refractivity contribution >= 4 is 22.5 Å². The van der Waals surface area contributed by atoms with Crippen molar-refractivity contribution in [3.8, 4) is 17.2 Å². The monoisotopic (exact) mass is 485 g/mol. The van der Waals surface area contributed by atoms with Crippen LogP contribution >= 0.6 is 11.6 Å². The number of benzene rings is 2. The van der Waals surface area contributed by atoms with Crippen LogP contribution in [0.1, 0.15) is 17.2 Å². The fourth-order valence-electron chi connectivity index (χ4n) is 4.47. The van der Waals surface area contributed by atoms with Gasteiger partial charge in [0.2, 0.25) is 6.79 Å². The summed E-state index contributed by atoms with van der Waals surface area (Å²) in [6, 6.07) is 11.6. The summed E-state index contributed by atoms with van der Waals surface area (Å²) in [5.41, 5.74) is 2.57. The Morgan fingerprint density at radius 1 is 1.24 bits per heavy atom. The molecule has 2 unspecified atom stereocenters. The zero-order chi connectivity index (χ0) is 23.5. The first kappa shape index (κ1) is 23.1. The molecule has 8 nitrogen and oxygen atoms in total. The molecule has 0 aliphatic carbocycles. The molecule has 1 fully saturated rings. The fraction of sp³-hybridized carbons (Fsp3) is 0.400. The lowest BCUT2D eigenvalue weighted by Gasteiger charge is -2.34. The van der Waals surface area contributed by atoms with Crippen molar-refractivity contribution in [2.24, 2.45) is 0 Å². The number of aliphatic hydroxyl groups is 1. The number of pyridine rings is 1. The van der Waals surface area contributed by atoms with E-state index in [1.54, 1.807) is 13.3 Å². The zero-order valence-electron chi connectivity index (χ0n) is 19.0. The van der Waals surface area contributed by atoms with E-state index < -0.39 is 6.10 Å². The highest BCUT2D eigenvalue weighted by molar-refractivity contribution is 6.32. The predicted molar refractivity (Wildman–Crippen MR) is 129 cm³/mol. The Morgan fingerprint density at radius 2 is 2.12 bits per heavy atom. The van der Waals surface area contributed by atoms with E-state index in [1.165, 1.54) is 0 Å². The van der Waals surface area contributed by atoms with Gasteiger partial charge in [0.25, 0.3) is 0 Å². The smallest absolute Gasteiger partial charge is 0.231 e. The van der Waals surface area contributed by atoms with E-state index >= 15 is 0 Å². The number of nitrogens with zero attached hydrogens (tertiary/aromatic N) is 2. The molecule has 0 radical (unpaired) electrons. The molecular weight excluding hydrogens is 458 g/mol. The fourth-order valence-corrected chi connectivity index (χ4v) is 4.74.